The molecule has 0 radical (unpaired) electrons. The monoisotopic (exact) mass is 179 g/mol. The Morgan fingerprint density at radius 1 is 1.54 bits per heavy atom. The molecule has 3 N–H and O–H groups in total. The van der Waals surface area contributed by atoms with Gasteiger partial charge in [0.15, 0.2) is 0 Å². The highest BCUT2D eigenvalue weighted by atomic mass is 16.5. The van der Waals surface area contributed by atoms with Crippen LogP contribution in [0.4, 0.5) is 0 Å². The molecule has 0 aliphatic heterocycles. The first-order chi connectivity index (χ1) is 6.24. The van der Waals surface area contributed by atoms with Gasteiger partial charge >= 0.3 is 0 Å². The molecule has 1 aromatic rings. The van der Waals surface area contributed by atoms with Gasteiger partial charge in [0.05, 0.1) is 7.11 Å². The number of aromatic hydroxyl groups is 1. The highest BCUT2D eigenvalue weighted by molar-refractivity contribution is 5.52. The minimum absolute atomic E-state index is 0.0369. The van der Waals surface area contributed by atoms with Crippen LogP contribution in [-0.2, 0) is 6.42 Å². The highest BCUT2D eigenvalue weighted by Gasteiger charge is 2.25. The molecule has 0 saturated carbocycles. The van der Waals surface area contributed by atoms with Crippen molar-refractivity contribution in [2.75, 3.05) is 7.11 Å². The number of methoxy groups -OCH3 is 1. The van der Waals surface area contributed by atoms with Gasteiger partial charge in [-0.05, 0) is 25.0 Å². The molecule has 1 atom stereocenters. The SMILES string of the molecule is COc1ccc(O)c2c1CC[C@@H]2N. The van der Waals surface area contributed by atoms with E-state index in [-0.39, 0.29) is 6.04 Å². The predicted octanol–water partition coefficient (Wildman–Crippen LogP) is 1.35. The number of hydrogen-bond acceptors (Lipinski definition) is 3. The fourth-order valence-electron chi connectivity index (χ4n) is 1.94. The molecular weight excluding hydrogens is 166 g/mol. The third-order valence-electron chi connectivity index (χ3n) is 2.59. The van der Waals surface area contributed by atoms with E-state index in [9.17, 15) is 5.11 Å². The lowest BCUT2D eigenvalue weighted by Crippen LogP contribution is -2.05. The molecule has 0 spiro atoms. The number of benzene rings is 1. The van der Waals surface area contributed by atoms with Gasteiger partial charge in [0.2, 0.25) is 0 Å². The Balaban J connectivity index is 2.59. The Morgan fingerprint density at radius 2 is 2.31 bits per heavy atom. The largest absolute Gasteiger partial charge is 0.508 e. The second kappa shape index (κ2) is 2.92. The summed E-state index contributed by atoms with van der Waals surface area (Å²) in [6, 6.07) is 3.39. The molecule has 3 nitrogen and oxygen atoms in total. The molecule has 1 aromatic carbocycles. The van der Waals surface area contributed by atoms with Crippen LogP contribution in [0.5, 0.6) is 11.5 Å². The second-order valence-corrected chi connectivity index (χ2v) is 3.32. The Hall–Kier alpha value is -1.22. The first-order valence-electron chi connectivity index (χ1n) is 4.38. The van der Waals surface area contributed by atoms with Gasteiger partial charge in [-0.25, -0.2) is 0 Å². The molecule has 3 heteroatoms. The van der Waals surface area contributed by atoms with Gasteiger partial charge in [-0.1, -0.05) is 0 Å². The van der Waals surface area contributed by atoms with E-state index >= 15 is 0 Å². The van der Waals surface area contributed by atoms with E-state index < -0.39 is 0 Å². The van der Waals surface area contributed by atoms with Crippen molar-refractivity contribution in [3.05, 3.63) is 23.3 Å². The first-order valence-corrected chi connectivity index (χ1v) is 4.38. The Bertz CT molecular complexity index is 336. The van der Waals surface area contributed by atoms with Gasteiger partial charge in [0, 0.05) is 17.2 Å². The normalized spacial score (nSPS) is 20.0. The molecule has 70 valence electrons. The Morgan fingerprint density at radius 3 is 3.00 bits per heavy atom. The lowest BCUT2D eigenvalue weighted by atomic mass is 10.1. The van der Waals surface area contributed by atoms with Crippen molar-refractivity contribution in [2.45, 2.75) is 18.9 Å². The van der Waals surface area contributed by atoms with Crippen molar-refractivity contribution >= 4 is 0 Å². The topological polar surface area (TPSA) is 55.5 Å². The molecule has 0 saturated heterocycles. The van der Waals surface area contributed by atoms with Crippen LogP contribution >= 0.6 is 0 Å². The molecular formula is C10H13NO2. The Labute approximate surface area is 77.1 Å². The van der Waals surface area contributed by atoms with Crippen LogP contribution in [-0.4, -0.2) is 12.2 Å². The summed E-state index contributed by atoms with van der Waals surface area (Å²) in [6.45, 7) is 0. The predicted molar refractivity (Wildman–Crippen MR) is 49.9 cm³/mol. The van der Waals surface area contributed by atoms with Crippen molar-refractivity contribution in [2.24, 2.45) is 5.73 Å². The third-order valence-corrected chi connectivity index (χ3v) is 2.59. The van der Waals surface area contributed by atoms with Crippen molar-refractivity contribution in [3.63, 3.8) is 0 Å². The van der Waals surface area contributed by atoms with Gasteiger partial charge in [0.1, 0.15) is 11.5 Å². The molecule has 1 aliphatic rings. The first kappa shape index (κ1) is 8.38. The molecule has 13 heavy (non-hydrogen) atoms. The van der Waals surface area contributed by atoms with Crippen LogP contribution in [0.3, 0.4) is 0 Å². The van der Waals surface area contributed by atoms with Gasteiger partial charge < -0.3 is 15.6 Å². The molecule has 1 aliphatic carbocycles. The van der Waals surface area contributed by atoms with Crippen LogP contribution in [0.1, 0.15) is 23.6 Å². The average Bonchev–Trinajstić information content (AvgIpc) is 2.50. The van der Waals surface area contributed by atoms with E-state index in [1.54, 1.807) is 19.2 Å². The maximum Gasteiger partial charge on any atom is 0.122 e. The molecule has 0 aromatic heterocycles. The molecule has 2 rings (SSSR count). The van der Waals surface area contributed by atoms with Gasteiger partial charge in [-0.2, -0.15) is 0 Å². The fourth-order valence-corrected chi connectivity index (χ4v) is 1.94. The van der Waals surface area contributed by atoms with E-state index in [1.807, 2.05) is 0 Å². The third kappa shape index (κ3) is 1.16. The van der Waals surface area contributed by atoms with Crippen molar-refractivity contribution in [1.29, 1.82) is 0 Å². The number of rotatable bonds is 1. The number of hydrogen-bond donors (Lipinski definition) is 2. The van der Waals surface area contributed by atoms with E-state index in [0.717, 1.165) is 29.7 Å². The molecule has 0 amide bonds. The average molecular weight is 179 g/mol. The van der Waals surface area contributed by atoms with Crippen LogP contribution < -0.4 is 10.5 Å². The molecule has 0 heterocycles. The number of nitrogens with two attached hydrogens (primary N) is 1. The van der Waals surface area contributed by atoms with E-state index in [0.29, 0.717) is 5.75 Å². The van der Waals surface area contributed by atoms with Crippen LogP contribution in [0.15, 0.2) is 12.1 Å². The van der Waals surface area contributed by atoms with Crippen LogP contribution in [0, 0.1) is 0 Å². The zero-order valence-electron chi connectivity index (χ0n) is 7.58. The maximum atomic E-state index is 9.59. The summed E-state index contributed by atoms with van der Waals surface area (Å²) in [4.78, 5) is 0. The fraction of sp³-hybridized carbons (Fsp3) is 0.400. The summed E-state index contributed by atoms with van der Waals surface area (Å²) in [5.74, 6) is 1.13. The number of phenolic OH excluding ortho intramolecular Hbond substituents is 1. The number of fused-ring (bicyclic) bond motifs is 1. The maximum absolute atomic E-state index is 9.59. The number of ether oxygens (including phenoxy) is 1. The lowest BCUT2D eigenvalue weighted by Gasteiger charge is -2.10. The summed E-state index contributed by atoms with van der Waals surface area (Å²) < 4.78 is 5.19. The molecule has 0 fully saturated rings. The summed E-state index contributed by atoms with van der Waals surface area (Å²) >= 11 is 0. The second-order valence-electron chi connectivity index (χ2n) is 3.32. The lowest BCUT2D eigenvalue weighted by molar-refractivity contribution is 0.407. The quantitative estimate of drug-likeness (QED) is 0.684. The molecule has 0 bridgehead atoms. The van der Waals surface area contributed by atoms with E-state index in [1.165, 1.54) is 0 Å². The van der Waals surface area contributed by atoms with E-state index in [2.05, 4.69) is 0 Å². The van der Waals surface area contributed by atoms with Crippen molar-refractivity contribution in [3.8, 4) is 11.5 Å². The van der Waals surface area contributed by atoms with Gasteiger partial charge in [-0.3, -0.25) is 0 Å². The Kier molecular flexibility index (Phi) is 1.88. The van der Waals surface area contributed by atoms with Crippen molar-refractivity contribution < 1.29 is 9.84 Å². The van der Waals surface area contributed by atoms with Crippen LogP contribution in [0.2, 0.25) is 0 Å². The van der Waals surface area contributed by atoms with Crippen LogP contribution in [0.25, 0.3) is 0 Å². The summed E-state index contributed by atoms with van der Waals surface area (Å²) in [5, 5.41) is 9.59. The minimum atomic E-state index is -0.0369. The highest BCUT2D eigenvalue weighted by Crippen LogP contribution is 2.40. The standard InChI is InChI=1S/C10H13NO2/c1-13-9-5-4-8(12)10-6(9)2-3-7(10)11/h4-5,7,12H,2-3,11H2,1H3/t7-/m0/s1. The zero-order valence-corrected chi connectivity index (χ0v) is 7.58. The van der Waals surface area contributed by atoms with Gasteiger partial charge in [-0.15, -0.1) is 0 Å². The molecule has 0 unspecified atom stereocenters. The summed E-state index contributed by atoms with van der Waals surface area (Å²) in [7, 11) is 1.64. The van der Waals surface area contributed by atoms with E-state index in [4.69, 9.17) is 10.5 Å². The zero-order chi connectivity index (χ0) is 9.42. The smallest absolute Gasteiger partial charge is 0.122 e. The van der Waals surface area contributed by atoms with Gasteiger partial charge in [0.25, 0.3) is 0 Å². The minimum Gasteiger partial charge on any atom is -0.508 e. The van der Waals surface area contributed by atoms with Crippen molar-refractivity contribution in [1.82, 2.24) is 0 Å². The summed E-state index contributed by atoms with van der Waals surface area (Å²) in [6.07, 6.45) is 1.79. The summed E-state index contributed by atoms with van der Waals surface area (Å²) in [5.41, 5.74) is 7.78. The number of phenols is 1.